The smallest absolute Gasteiger partial charge is 0.264 e. The largest absolute Gasteiger partial charge is 0.542 e. The second kappa shape index (κ2) is 46.5. The summed E-state index contributed by atoms with van der Waals surface area (Å²) in [7, 11) is -12.6. The van der Waals surface area contributed by atoms with Crippen molar-refractivity contribution >= 4 is 33.3 Å². The fourth-order valence-corrected chi connectivity index (χ4v) is 39.6. The number of benzene rings is 20. The molecule has 20 aromatic carbocycles. The molecule has 0 unspecified atom stereocenters. The van der Waals surface area contributed by atoms with Crippen molar-refractivity contribution in [1.82, 2.24) is 0 Å². The van der Waals surface area contributed by atoms with Crippen molar-refractivity contribution in [1.29, 1.82) is 0 Å². The van der Waals surface area contributed by atoms with E-state index in [0.717, 1.165) is 185 Å². The first-order valence-corrected chi connectivity index (χ1v) is 61.9. The Morgan fingerprint density at radius 2 is 0.253 bits per heavy atom. The maximum atomic E-state index is 8.68. The van der Waals surface area contributed by atoms with Gasteiger partial charge in [-0.1, -0.05) is 510 Å². The third-order valence-electron chi connectivity index (χ3n) is 29.0. The van der Waals surface area contributed by atoms with Gasteiger partial charge in [-0.15, -0.1) is 0 Å². The van der Waals surface area contributed by atoms with Crippen molar-refractivity contribution in [2.24, 2.45) is 0 Å². The maximum Gasteiger partial charge on any atom is 0.264 e. The van der Waals surface area contributed by atoms with E-state index >= 15 is 0 Å². The quantitative estimate of drug-likeness (QED) is 0.0358. The van der Waals surface area contributed by atoms with Gasteiger partial charge in [0.2, 0.25) is 0 Å². The van der Waals surface area contributed by atoms with Crippen LogP contribution < -0.4 is 17.7 Å². The van der Waals surface area contributed by atoms with Gasteiger partial charge < -0.3 is 17.7 Å². The summed E-state index contributed by atoms with van der Waals surface area (Å²) in [5, 5.41) is 0. The number of hydrogen-bond donors (Lipinski definition) is 0. The van der Waals surface area contributed by atoms with E-state index in [2.05, 4.69) is 562 Å². The van der Waals surface area contributed by atoms with Crippen molar-refractivity contribution in [3.8, 4) is 67.5 Å². The molecule has 4 nitrogen and oxygen atoms in total. The Hall–Kier alpha value is -15.5. The topological polar surface area (TPSA) is 36.9 Å². The number of rotatable bonds is 41. The van der Waals surface area contributed by atoms with Crippen LogP contribution in [0.1, 0.15) is 123 Å². The number of aryl methyl sites for hydroxylation is 4. The predicted octanol–water partition coefficient (Wildman–Crippen LogP) is 33.2. The molecule has 0 aliphatic carbocycles. The van der Waals surface area contributed by atoms with Gasteiger partial charge in [0.1, 0.15) is 23.0 Å². The van der Waals surface area contributed by atoms with Crippen molar-refractivity contribution in [3.05, 3.63) is 645 Å². The van der Waals surface area contributed by atoms with Crippen LogP contribution in [0.5, 0.6) is 23.0 Å². The molecule has 0 radical (unpaired) electrons. The third-order valence-corrected chi connectivity index (χ3v) is 44.2. The molecule has 0 saturated heterocycles. The van der Waals surface area contributed by atoms with E-state index in [0.29, 0.717) is 0 Å². The molecule has 0 heterocycles. The molecule has 0 spiro atoms. The third kappa shape index (κ3) is 24.4. The zero-order valence-corrected chi connectivity index (χ0v) is 88.1. The van der Waals surface area contributed by atoms with Gasteiger partial charge in [0.15, 0.2) is 0 Å². The Morgan fingerprint density at radius 3 is 0.370 bits per heavy atom. The minimum atomic E-state index is -3.14. The summed E-state index contributed by atoms with van der Waals surface area (Å²) in [6, 6.07) is 208. The second-order valence-electron chi connectivity index (χ2n) is 40.4. The monoisotopic (exact) mass is 1960 g/mol. The molecule has 0 aliphatic rings. The molecular formula is C138H126O4Si4. The molecule has 0 atom stereocenters. The molecule has 0 N–H and O–H groups in total. The molecule has 0 amide bonds. The van der Waals surface area contributed by atoms with E-state index in [1.807, 2.05) is 0 Å². The lowest BCUT2D eigenvalue weighted by atomic mass is 9.71. The van der Waals surface area contributed by atoms with Gasteiger partial charge in [0.25, 0.3) is 33.3 Å². The van der Waals surface area contributed by atoms with Gasteiger partial charge in [-0.05, 0) is 185 Å². The summed E-state index contributed by atoms with van der Waals surface area (Å²) in [4.78, 5) is 0. The lowest BCUT2D eigenvalue weighted by Gasteiger charge is -2.38. The lowest BCUT2D eigenvalue weighted by Crippen LogP contribution is -2.50. The molecule has 8 heteroatoms. The molecular weight excluding hydrogens is 1830 g/mol. The van der Waals surface area contributed by atoms with Crippen LogP contribution in [0.2, 0.25) is 0 Å². The molecule has 0 saturated carbocycles. The fraction of sp³-hybridized carbons (Fsp3) is 0.130. The predicted molar refractivity (Wildman–Crippen MR) is 617 cm³/mol. The van der Waals surface area contributed by atoms with Crippen molar-refractivity contribution in [2.45, 2.75) is 112 Å². The lowest BCUT2D eigenvalue weighted by molar-refractivity contribution is 0.519. The molecule has 20 rings (SSSR count). The normalized spacial score (nSPS) is 11.7. The first-order chi connectivity index (χ1) is 71.8. The first-order valence-electron chi connectivity index (χ1n) is 51.8. The van der Waals surface area contributed by atoms with E-state index in [1.165, 1.54) is 66.8 Å². The SMILES string of the molecule is Cc1cc(C(c2cc(C)c(O[Si](Cc3ccccc3)(Cc3ccccc3)Cc3ccccc3)c(-c3ccccc3)c2)C(c2cc(C)c(O[Si](Cc3ccccc3)(Cc3ccccc3)Cc3ccccc3)c(-c3ccccc3)c2)c2cc(C)c(O[Si](Cc3ccccc3)(Cc3ccccc3)Cc3ccccc3)c(-c3ccccc3)c2)cc(-c2ccccc2)c1O[Si](Cc1ccccc1)(Cc1ccccc1)Cc1ccccc1. The Bertz CT molecular complexity index is 6270. The van der Waals surface area contributed by atoms with Gasteiger partial charge in [-0.25, -0.2) is 0 Å². The summed E-state index contributed by atoms with van der Waals surface area (Å²) in [6.45, 7) is 9.38. The van der Waals surface area contributed by atoms with Gasteiger partial charge in [0.05, 0.1) is 0 Å². The van der Waals surface area contributed by atoms with Crippen molar-refractivity contribution in [3.63, 3.8) is 0 Å². The van der Waals surface area contributed by atoms with Crippen LogP contribution in [-0.4, -0.2) is 33.3 Å². The average Bonchev–Trinajstić information content (AvgIpc) is 0.733. The first kappa shape index (κ1) is 97.9. The zero-order valence-electron chi connectivity index (χ0n) is 84.1. The highest BCUT2D eigenvalue weighted by Gasteiger charge is 2.46. The summed E-state index contributed by atoms with van der Waals surface area (Å²) < 4.78 is 34.7. The summed E-state index contributed by atoms with van der Waals surface area (Å²) >= 11 is 0. The van der Waals surface area contributed by atoms with Crippen LogP contribution in [-0.2, 0) is 72.5 Å². The molecule has 0 aliphatic heterocycles. The maximum absolute atomic E-state index is 8.68. The Kier molecular flexibility index (Phi) is 31.1. The Balaban J connectivity index is 0.902. The van der Waals surface area contributed by atoms with Crippen molar-refractivity contribution < 1.29 is 17.7 Å². The van der Waals surface area contributed by atoms with Crippen LogP contribution in [0.3, 0.4) is 0 Å². The van der Waals surface area contributed by atoms with E-state index in [1.54, 1.807) is 0 Å². The fourth-order valence-electron chi connectivity index (χ4n) is 22.6. The standard InChI is InChI=1S/C138H126O4Si4/c1-105-85-125(89-129(121-77-45-17-46-78-121)135(105)139-143(93-109-53-21-5-22-54-109,94-110-55-23-6-24-56-110)95-111-57-25-7-26-58-111)133(126-86-106(2)136(130(90-126)122-79-47-18-48-80-122)140-144(96-112-59-27-8-28-60-112,97-113-61-29-9-30-62-113)98-114-63-31-10-32-64-114)134(127-87-107(3)137(131(91-127)123-81-49-19-50-82-123)141-145(99-115-65-33-11-34-66-115,100-116-67-35-12-36-68-116)101-117-69-37-13-38-70-117)128-88-108(4)138(132(92-128)124-83-51-20-52-84-124)142-146(102-118-71-39-14-40-72-118,103-119-73-41-15-42-74-119)104-120-75-43-16-44-76-120/h5-92,133-134H,93-104H2,1-4H3. The molecule has 0 aromatic heterocycles. The highest BCUT2D eigenvalue weighted by molar-refractivity contribution is 6.74. The Labute approximate surface area is 869 Å². The molecule has 20 aromatic rings. The minimum absolute atomic E-state index is 0.504. The van der Waals surface area contributed by atoms with E-state index < -0.39 is 45.1 Å². The van der Waals surface area contributed by atoms with E-state index in [-0.39, 0.29) is 0 Å². The summed E-state index contributed by atoms with van der Waals surface area (Å²) in [5.41, 5.74) is 32.3. The average molecular weight is 1960 g/mol. The van der Waals surface area contributed by atoms with Crippen molar-refractivity contribution in [2.75, 3.05) is 0 Å². The molecule has 0 bridgehead atoms. The zero-order chi connectivity index (χ0) is 99.2. The second-order valence-corrected chi connectivity index (χ2v) is 54.9. The van der Waals surface area contributed by atoms with Crippen LogP contribution in [0.15, 0.2) is 534 Å². The van der Waals surface area contributed by atoms with Crippen LogP contribution in [0, 0.1) is 27.7 Å². The van der Waals surface area contributed by atoms with E-state index in [9.17, 15) is 0 Å². The molecule has 146 heavy (non-hydrogen) atoms. The number of hydrogen-bond acceptors (Lipinski definition) is 4. The van der Waals surface area contributed by atoms with Gasteiger partial charge >= 0.3 is 0 Å². The van der Waals surface area contributed by atoms with Gasteiger partial charge in [0, 0.05) is 107 Å². The van der Waals surface area contributed by atoms with Gasteiger partial charge in [-0.2, -0.15) is 0 Å². The molecule has 0 fully saturated rings. The molecule has 718 valence electrons. The highest BCUT2D eigenvalue weighted by Crippen LogP contribution is 2.54. The summed E-state index contributed by atoms with van der Waals surface area (Å²) in [5.74, 6) is 2.61. The van der Waals surface area contributed by atoms with Crippen LogP contribution in [0.25, 0.3) is 44.5 Å². The van der Waals surface area contributed by atoms with Crippen LogP contribution in [0.4, 0.5) is 0 Å². The van der Waals surface area contributed by atoms with Gasteiger partial charge in [-0.3, -0.25) is 0 Å². The minimum Gasteiger partial charge on any atom is -0.542 e. The van der Waals surface area contributed by atoms with Crippen LogP contribution >= 0.6 is 0 Å². The summed E-state index contributed by atoms with van der Waals surface area (Å²) in [6.07, 6.45) is 0. The Morgan fingerprint density at radius 1 is 0.144 bits per heavy atom. The van der Waals surface area contributed by atoms with E-state index in [4.69, 9.17) is 17.7 Å². The highest BCUT2D eigenvalue weighted by atomic mass is 28.4.